The van der Waals surface area contributed by atoms with Crippen molar-refractivity contribution in [1.29, 1.82) is 0 Å². The lowest BCUT2D eigenvalue weighted by molar-refractivity contribution is -0.169. The highest BCUT2D eigenvalue weighted by Gasteiger charge is 2.60. The highest BCUT2D eigenvalue weighted by Crippen LogP contribution is 2.40. The Morgan fingerprint density at radius 1 is 1.24 bits per heavy atom. The molecular formula is C19H20N6O8. The van der Waals surface area contributed by atoms with E-state index >= 15 is 0 Å². The number of terminal acetylenes is 1. The fourth-order valence-electron chi connectivity index (χ4n) is 3.17. The number of carbonyl (C=O) groups excluding carboxylic acids is 3. The summed E-state index contributed by atoms with van der Waals surface area (Å²) in [4.78, 5) is 56.6. The van der Waals surface area contributed by atoms with Crippen molar-refractivity contribution in [3.05, 3.63) is 35.4 Å². The summed E-state index contributed by atoms with van der Waals surface area (Å²) in [5, 5.41) is 3.84. The molecule has 1 saturated heterocycles. The van der Waals surface area contributed by atoms with Crippen LogP contribution in [0.1, 0.15) is 27.0 Å². The van der Waals surface area contributed by atoms with Gasteiger partial charge in [-0.2, -0.15) is 9.77 Å². The Hall–Kier alpha value is -4.25. The van der Waals surface area contributed by atoms with Crippen molar-refractivity contribution in [3.8, 4) is 12.3 Å². The number of ether oxygens (including phenoxy) is 4. The maximum absolute atomic E-state index is 12.8. The summed E-state index contributed by atoms with van der Waals surface area (Å²) in [5.41, 5.74) is 0.0507. The summed E-state index contributed by atoms with van der Waals surface area (Å²) in [6.45, 7) is 2.86. The van der Waals surface area contributed by atoms with Crippen LogP contribution in [0.3, 0.4) is 0 Å². The number of anilines is 1. The van der Waals surface area contributed by atoms with Crippen LogP contribution in [-0.2, 0) is 33.3 Å². The lowest BCUT2D eigenvalue weighted by atomic mass is 9.96. The molecular weight excluding hydrogens is 440 g/mol. The number of carbonyl (C=O) groups is 3. The molecule has 0 radical (unpaired) electrons. The van der Waals surface area contributed by atoms with Gasteiger partial charge in [-0.3, -0.25) is 24.4 Å². The van der Waals surface area contributed by atoms with Crippen LogP contribution in [0.25, 0.3) is 0 Å². The van der Waals surface area contributed by atoms with Crippen molar-refractivity contribution in [3.63, 3.8) is 0 Å². The van der Waals surface area contributed by atoms with E-state index in [2.05, 4.69) is 26.4 Å². The Bertz CT molecular complexity index is 1140. The van der Waals surface area contributed by atoms with Crippen molar-refractivity contribution in [1.82, 2.24) is 24.4 Å². The first kappa shape index (κ1) is 23.4. The Kier molecular flexibility index (Phi) is 6.73. The van der Waals surface area contributed by atoms with E-state index in [-0.39, 0.29) is 5.82 Å². The van der Waals surface area contributed by atoms with Gasteiger partial charge in [0.1, 0.15) is 19.3 Å². The Labute approximate surface area is 186 Å². The van der Waals surface area contributed by atoms with Crippen molar-refractivity contribution < 1.29 is 33.3 Å². The maximum atomic E-state index is 12.8. The average Bonchev–Trinajstić information content (AvgIpc) is 3.34. The largest absolute Gasteiger partial charge is 0.462 e. The Morgan fingerprint density at radius 3 is 2.52 bits per heavy atom. The zero-order valence-corrected chi connectivity index (χ0v) is 17.8. The van der Waals surface area contributed by atoms with E-state index in [1.54, 1.807) is 0 Å². The fourth-order valence-corrected chi connectivity index (χ4v) is 3.17. The quantitative estimate of drug-likeness (QED) is 0.306. The summed E-state index contributed by atoms with van der Waals surface area (Å²) in [6.07, 6.45) is 5.49. The van der Waals surface area contributed by atoms with Crippen LogP contribution in [0.15, 0.2) is 29.7 Å². The van der Waals surface area contributed by atoms with Gasteiger partial charge in [0.05, 0.1) is 0 Å². The number of nitrogens with zero attached hydrogens (tertiary/aromatic N) is 5. The lowest BCUT2D eigenvalue weighted by Gasteiger charge is -2.28. The third-order valence-electron chi connectivity index (χ3n) is 4.45. The van der Waals surface area contributed by atoms with Crippen LogP contribution < -0.4 is 11.1 Å². The molecule has 0 saturated carbocycles. The van der Waals surface area contributed by atoms with Crippen LogP contribution in [0, 0.1) is 12.3 Å². The second-order valence-electron chi connectivity index (χ2n) is 6.88. The van der Waals surface area contributed by atoms with E-state index in [1.165, 1.54) is 29.7 Å². The molecule has 14 nitrogen and oxygen atoms in total. The maximum Gasteiger partial charge on any atom is 0.351 e. The third-order valence-corrected chi connectivity index (χ3v) is 4.45. The average molecular weight is 460 g/mol. The van der Waals surface area contributed by atoms with Crippen molar-refractivity contribution >= 4 is 23.7 Å². The molecule has 1 fully saturated rings. The minimum absolute atomic E-state index is 0.128. The summed E-state index contributed by atoms with van der Waals surface area (Å²) in [6, 6.07) is 1.42. The standard InChI is InChI=1S/C19H20N6O8/c1-5-19(8-30-11(2)26)16(32-13(4)28)15(31-12(3)27)17(33-19)24-7-6-14(22-18(24)29)23-25-10-20-9-21-25/h1,6-7,9-10,15-17H,8H2,2-4H3,(H,22,23,29)/t15-,16-,17?,19+/m0/s1. The first-order valence-electron chi connectivity index (χ1n) is 9.49. The molecule has 33 heavy (non-hydrogen) atoms. The zero-order chi connectivity index (χ0) is 24.2. The van der Waals surface area contributed by atoms with E-state index in [0.717, 1.165) is 25.3 Å². The zero-order valence-electron chi connectivity index (χ0n) is 17.8. The third kappa shape index (κ3) is 5.15. The van der Waals surface area contributed by atoms with Crippen LogP contribution in [0.2, 0.25) is 0 Å². The van der Waals surface area contributed by atoms with Crippen molar-refractivity contribution in [2.75, 3.05) is 12.0 Å². The Balaban J connectivity index is 2.02. The van der Waals surface area contributed by atoms with Gasteiger partial charge in [0, 0.05) is 27.0 Å². The number of aromatic nitrogens is 5. The molecule has 1 aliphatic heterocycles. The first-order valence-corrected chi connectivity index (χ1v) is 9.49. The number of esters is 3. The molecule has 0 spiro atoms. The molecule has 0 aromatic carbocycles. The lowest BCUT2D eigenvalue weighted by Crippen LogP contribution is -2.49. The molecule has 14 heteroatoms. The van der Waals surface area contributed by atoms with Gasteiger partial charge in [-0.15, -0.1) is 11.5 Å². The number of nitrogens with one attached hydrogen (secondary N) is 1. The van der Waals surface area contributed by atoms with Gasteiger partial charge in [-0.25, -0.2) is 9.78 Å². The van der Waals surface area contributed by atoms with E-state index in [9.17, 15) is 19.2 Å². The first-order chi connectivity index (χ1) is 15.6. The van der Waals surface area contributed by atoms with Crippen molar-refractivity contribution in [2.45, 2.75) is 44.8 Å². The molecule has 0 bridgehead atoms. The van der Waals surface area contributed by atoms with Crippen molar-refractivity contribution in [2.24, 2.45) is 0 Å². The number of rotatable bonds is 7. The molecule has 3 heterocycles. The molecule has 1 unspecified atom stereocenters. The molecule has 0 aliphatic carbocycles. The molecule has 2 aromatic rings. The number of hydrogen-bond donors (Lipinski definition) is 1. The SMILES string of the molecule is C#C[C@]1(COC(C)=O)OC(n2ccc(Nn3cncn3)nc2=O)[C@@H](OC(C)=O)[C@@H]1OC(C)=O. The van der Waals surface area contributed by atoms with Gasteiger partial charge in [0.15, 0.2) is 24.3 Å². The Morgan fingerprint density at radius 2 is 1.97 bits per heavy atom. The van der Waals surface area contributed by atoms with E-state index in [0.29, 0.717) is 0 Å². The molecule has 174 valence electrons. The normalized spacial score (nSPS) is 23.9. The van der Waals surface area contributed by atoms with E-state index < -0.39 is 54.2 Å². The van der Waals surface area contributed by atoms with Gasteiger partial charge >= 0.3 is 23.6 Å². The second-order valence-corrected chi connectivity index (χ2v) is 6.88. The minimum atomic E-state index is -1.85. The summed E-state index contributed by atoms with van der Waals surface area (Å²) < 4.78 is 22.5. The van der Waals surface area contributed by atoms with E-state index in [4.69, 9.17) is 25.4 Å². The summed E-state index contributed by atoms with van der Waals surface area (Å²) >= 11 is 0. The molecule has 4 atom stereocenters. The van der Waals surface area contributed by atoms with Gasteiger partial charge < -0.3 is 18.9 Å². The highest BCUT2D eigenvalue weighted by atomic mass is 16.7. The minimum Gasteiger partial charge on any atom is -0.462 e. The highest BCUT2D eigenvalue weighted by molar-refractivity contribution is 5.68. The molecule has 3 rings (SSSR count). The number of hydrogen-bond acceptors (Lipinski definition) is 12. The second kappa shape index (κ2) is 9.49. The van der Waals surface area contributed by atoms with Crippen LogP contribution in [0.5, 0.6) is 0 Å². The van der Waals surface area contributed by atoms with Gasteiger partial charge in [0.2, 0.25) is 5.60 Å². The van der Waals surface area contributed by atoms with Crippen LogP contribution in [-0.4, -0.2) is 66.7 Å². The fraction of sp³-hybridized carbons (Fsp3) is 0.421. The summed E-state index contributed by atoms with van der Waals surface area (Å²) in [7, 11) is 0. The molecule has 0 amide bonds. The monoisotopic (exact) mass is 460 g/mol. The predicted molar refractivity (Wildman–Crippen MR) is 107 cm³/mol. The molecule has 2 aromatic heterocycles. The topological polar surface area (TPSA) is 166 Å². The smallest absolute Gasteiger partial charge is 0.351 e. The summed E-state index contributed by atoms with van der Waals surface area (Å²) in [5.74, 6) is 0.254. The molecule has 1 N–H and O–H groups in total. The van der Waals surface area contributed by atoms with E-state index in [1.807, 2.05) is 0 Å². The predicted octanol–water partition coefficient (Wildman–Crippen LogP) is -0.963. The van der Waals surface area contributed by atoms with Crippen LogP contribution >= 0.6 is 0 Å². The van der Waals surface area contributed by atoms with Gasteiger partial charge in [-0.1, -0.05) is 5.92 Å². The van der Waals surface area contributed by atoms with Gasteiger partial charge in [0.25, 0.3) is 0 Å². The van der Waals surface area contributed by atoms with Gasteiger partial charge in [-0.05, 0) is 6.07 Å². The molecule has 1 aliphatic rings. The van der Waals surface area contributed by atoms with Crippen LogP contribution in [0.4, 0.5) is 5.82 Å².